The second-order valence-electron chi connectivity index (χ2n) is 6.69. The van der Waals surface area contributed by atoms with Crippen molar-refractivity contribution in [3.05, 3.63) is 46.5 Å². The van der Waals surface area contributed by atoms with E-state index in [1.807, 2.05) is 0 Å². The Labute approximate surface area is 185 Å². The fourth-order valence-corrected chi connectivity index (χ4v) is 3.59. The predicted octanol–water partition coefficient (Wildman–Crippen LogP) is 1.31. The van der Waals surface area contributed by atoms with Crippen LogP contribution in [0.5, 0.6) is 5.75 Å². The number of carbonyl (C=O) groups excluding carboxylic acids is 1. The molecule has 0 atom stereocenters. The lowest BCUT2D eigenvalue weighted by atomic mass is 10.2. The summed E-state index contributed by atoms with van der Waals surface area (Å²) in [4.78, 5) is 23.0. The van der Waals surface area contributed by atoms with Crippen LogP contribution in [0.3, 0.4) is 0 Å². The molecule has 2 aromatic rings. The van der Waals surface area contributed by atoms with Crippen molar-refractivity contribution < 1.29 is 28.0 Å². The SMILES string of the molecule is COc1ccc(S(=O)(=O)N(C)C)cc1NC(=O)CNc1cc([N+](=O)[O-])ccc1NCCO. The second kappa shape index (κ2) is 10.7. The van der Waals surface area contributed by atoms with Crippen molar-refractivity contribution >= 4 is 38.7 Å². The lowest BCUT2D eigenvalue weighted by Gasteiger charge is -2.16. The van der Waals surface area contributed by atoms with Gasteiger partial charge in [0.1, 0.15) is 5.75 Å². The summed E-state index contributed by atoms with van der Waals surface area (Å²) >= 11 is 0. The fraction of sp³-hybridized carbons (Fsp3) is 0.316. The first-order chi connectivity index (χ1) is 15.1. The zero-order chi connectivity index (χ0) is 23.9. The van der Waals surface area contributed by atoms with Gasteiger partial charge in [0.2, 0.25) is 15.9 Å². The highest BCUT2D eigenvalue weighted by Crippen LogP contribution is 2.29. The second-order valence-corrected chi connectivity index (χ2v) is 8.84. The third-order valence-corrected chi connectivity index (χ3v) is 6.12. The van der Waals surface area contributed by atoms with E-state index >= 15 is 0 Å². The molecule has 174 valence electrons. The van der Waals surface area contributed by atoms with Crippen LogP contribution < -0.4 is 20.7 Å². The van der Waals surface area contributed by atoms with Crippen LogP contribution in [0.15, 0.2) is 41.3 Å². The van der Waals surface area contributed by atoms with Crippen LogP contribution in [0.25, 0.3) is 0 Å². The van der Waals surface area contributed by atoms with Crippen molar-refractivity contribution in [3.63, 3.8) is 0 Å². The molecule has 12 nitrogen and oxygen atoms in total. The van der Waals surface area contributed by atoms with Crippen molar-refractivity contribution in [2.45, 2.75) is 4.90 Å². The first kappa shape index (κ1) is 24.8. The molecule has 0 aliphatic carbocycles. The molecule has 32 heavy (non-hydrogen) atoms. The van der Waals surface area contributed by atoms with Crippen LogP contribution in [-0.4, -0.2) is 69.6 Å². The number of carbonyl (C=O) groups is 1. The summed E-state index contributed by atoms with van der Waals surface area (Å²) in [7, 11) is 0.440. The molecule has 0 aromatic heterocycles. The van der Waals surface area contributed by atoms with E-state index in [9.17, 15) is 23.3 Å². The van der Waals surface area contributed by atoms with Gasteiger partial charge in [-0.25, -0.2) is 12.7 Å². The Bertz CT molecular complexity index is 1090. The Morgan fingerprint density at radius 3 is 2.44 bits per heavy atom. The number of ether oxygens (including phenoxy) is 1. The number of hydrogen-bond acceptors (Lipinski definition) is 9. The number of nitrogens with one attached hydrogen (secondary N) is 3. The number of nitrogens with zero attached hydrogens (tertiary/aromatic N) is 2. The summed E-state index contributed by atoms with van der Waals surface area (Å²) in [6.45, 7) is -0.214. The molecule has 2 aromatic carbocycles. The third kappa shape index (κ3) is 6.06. The van der Waals surface area contributed by atoms with E-state index in [0.717, 1.165) is 4.31 Å². The molecule has 0 saturated heterocycles. The van der Waals surface area contributed by atoms with Crippen molar-refractivity contribution in [2.75, 3.05) is 56.9 Å². The molecular formula is C19H25N5O7S. The smallest absolute Gasteiger partial charge is 0.271 e. The molecule has 0 unspecified atom stereocenters. The number of hydrogen-bond donors (Lipinski definition) is 4. The minimum Gasteiger partial charge on any atom is -0.495 e. The van der Waals surface area contributed by atoms with Gasteiger partial charge >= 0.3 is 0 Å². The van der Waals surface area contributed by atoms with Crippen molar-refractivity contribution in [2.24, 2.45) is 0 Å². The van der Waals surface area contributed by atoms with Crippen molar-refractivity contribution in [1.82, 2.24) is 4.31 Å². The van der Waals surface area contributed by atoms with Gasteiger partial charge in [-0.05, 0) is 24.3 Å². The number of nitro benzene ring substituents is 1. The first-order valence-corrected chi connectivity index (χ1v) is 10.8. The van der Waals surface area contributed by atoms with Gasteiger partial charge in [-0.15, -0.1) is 0 Å². The van der Waals surface area contributed by atoms with Gasteiger partial charge in [0.15, 0.2) is 0 Å². The molecule has 0 aliphatic heterocycles. The van der Waals surface area contributed by atoms with Gasteiger partial charge in [0.05, 0.1) is 47.1 Å². The number of nitro groups is 1. The topological polar surface area (TPSA) is 163 Å². The predicted molar refractivity (Wildman–Crippen MR) is 120 cm³/mol. The Balaban J connectivity index is 2.21. The molecule has 1 amide bonds. The van der Waals surface area contributed by atoms with E-state index in [0.29, 0.717) is 11.4 Å². The Morgan fingerprint density at radius 1 is 1.12 bits per heavy atom. The summed E-state index contributed by atoms with van der Waals surface area (Å²) in [5.74, 6) is -0.279. The molecular weight excluding hydrogens is 442 g/mol. The van der Waals surface area contributed by atoms with Crippen LogP contribution in [0, 0.1) is 10.1 Å². The summed E-state index contributed by atoms with van der Waals surface area (Å²) in [6.07, 6.45) is 0. The van der Waals surface area contributed by atoms with Gasteiger partial charge in [-0.2, -0.15) is 0 Å². The number of rotatable bonds is 11. The van der Waals surface area contributed by atoms with E-state index in [4.69, 9.17) is 9.84 Å². The molecule has 0 spiro atoms. The van der Waals surface area contributed by atoms with Crippen LogP contribution in [0.1, 0.15) is 0 Å². The van der Waals surface area contributed by atoms with E-state index in [-0.39, 0.29) is 41.7 Å². The Hall–Kier alpha value is -3.42. The van der Waals surface area contributed by atoms with Crippen LogP contribution in [-0.2, 0) is 14.8 Å². The summed E-state index contributed by atoms with van der Waals surface area (Å²) in [5, 5.41) is 28.3. The Kier molecular flexibility index (Phi) is 8.34. The molecule has 13 heteroatoms. The highest BCUT2D eigenvalue weighted by Gasteiger charge is 2.20. The van der Waals surface area contributed by atoms with Gasteiger partial charge in [-0.3, -0.25) is 14.9 Å². The number of amides is 1. The minimum absolute atomic E-state index is 0.0271. The quantitative estimate of drug-likeness (QED) is 0.282. The average Bonchev–Trinajstić information content (AvgIpc) is 2.76. The highest BCUT2D eigenvalue weighted by molar-refractivity contribution is 7.89. The number of benzene rings is 2. The van der Waals surface area contributed by atoms with E-state index in [1.54, 1.807) is 0 Å². The third-order valence-electron chi connectivity index (χ3n) is 4.30. The molecule has 2 rings (SSSR count). The maximum Gasteiger partial charge on any atom is 0.271 e. The van der Waals surface area contributed by atoms with Crippen molar-refractivity contribution in [3.8, 4) is 5.75 Å². The molecule has 0 saturated carbocycles. The highest BCUT2D eigenvalue weighted by atomic mass is 32.2. The number of sulfonamides is 1. The molecule has 0 fully saturated rings. The first-order valence-electron chi connectivity index (χ1n) is 9.37. The monoisotopic (exact) mass is 467 g/mol. The van der Waals surface area contributed by atoms with Gasteiger partial charge in [0, 0.05) is 32.8 Å². The zero-order valence-corrected chi connectivity index (χ0v) is 18.6. The van der Waals surface area contributed by atoms with Crippen LogP contribution in [0.2, 0.25) is 0 Å². The van der Waals surface area contributed by atoms with E-state index in [2.05, 4.69) is 16.0 Å². The van der Waals surface area contributed by atoms with Gasteiger partial charge in [-0.1, -0.05) is 0 Å². The number of aliphatic hydroxyl groups is 1. The lowest BCUT2D eigenvalue weighted by molar-refractivity contribution is -0.384. The van der Waals surface area contributed by atoms with Crippen LogP contribution in [0.4, 0.5) is 22.7 Å². The fourth-order valence-electron chi connectivity index (χ4n) is 2.66. The Morgan fingerprint density at radius 2 is 1.84 bits per heavy atom. The normalized spacial score (nSPS) is 11.2. The maximum atomic E-state index is 12.5. The molecule has 0 aliphatic rings. The number of methoxy groups -OCH3 is 1. The zero-order valence-electron chi connectivity index (χ0n) is 17.8. The molecule has 0 heterocycles. The standard InChI is InChI=1S/C19H25N5O7S/c1-23(2)32(29,30)14-5-7-18(31-3)17(11-14)22-19(26)12-21-16-10-13(24(27)28)4-6-15(16)20-8-9-25/h4-7,10-11,20-21,25H,8-9,12H2,1-3H3,(H,22,26). The number of non-ortho nitro benzene ring substituents is 1. The molecule has 4 N–H and O–H groups in total. The summed E-state index contributed by atoms with van der Waals surface area (Å²) in [6, 6.07) is 8.10. The van der Waals surface area contributed by atoms with Gasteiger partial charge in [0.25, 0.3) is 5.69 Å². The number of aliphatic hydroxyl groups excluding tert-OH is 1. The van der Waals surface area contributed by atoms with Gasteiger partial charge < -0.3 is 25.8 Å². The average molecular weight is 468 g/mol. The number of anilines is 3. The van der Waals surface area contributed by atoms with E-state index in [1.165, 1.54) is 57.6 Å². The summed E-state index contributed by atoms with van der Waals surface area (Å²) in [5.41, 5.74) is 0.735. The minimum atomic E-state index is -3.72. The molecule has 0 radical (unpaired) electrons. The summed E-state index contributed by atoms with van der Waals surface area (Å²) < 4.78 is 31.0. The van der Waals surface area contributed by atoms with Crippen LogP contribution >= 0.6 is 0 Å². The lowest BCUT2D eigenvalue weighted by Crippen LogP contribution is -2.24. The maximum absolute atomic E-state index is 12.5. The van der Waals surface area contributed by atoms with Crippen molar-refractivity contribution in [1.29, 1.82) is 0 Å². The molecule has 0 bridgehead atoms. The van der Waals surface area contributed by atoms with E-state index < -0.39 is 20.9 Å². The largest absolute Gasteiger partial charge is 0.495 e.